The van der Waals surface area contributed by atoms with Crippen LogP contribution in [-0.2, 0) is 4.79 Å². The third-order valence-corrected chi connectivity index (χ3v) is 3.14. The Morgan fingerprint density at radius 2 is 2.10 bits per heavy atom. The molecule has 1 aromatic rings. The molecule has 0 atom stereocenters. The van der Waals surface area contributed by atoms with Gasteiger partial charge in [-0.2, -0.15) is 0 Å². The number of carboxylic acid groups (broad SMARTS) is 1. The summed E-state index contributed by atoms with van der Waals surface area (Å²) >= 11 is 6.00. The van der Waals surface area contributed by atoms with Gasteiger partial charge in [0.25, 0.3) is 0 Å². The SMILES string of the molecule is CCCCCCOc1c(/C=C/C(=O)O)cc(Cl)cc1OC. The molecule has 0 aliphatic rings. The molecule has 5 heteroatoms. The van der Waals surface area contributed by atoms with E-state index in [2.05, 4.69) is 6.92 Å². The van der Waals surface area contributed by atoms with Gasteiger partial charge < -0.3 is 14.6 Å². The normalized spacial score (nSPS) is 10.8. The van der Waals surface area contributed by atoms with E-state index in [-0.39, 0.29) is 0 Å². The largest absolute Gasteiger partial charge is 0.493 e. The molecule has 0 saturated carbocycles. The summed E-state index contributed by atoms with van der Waals surface area (Å²) in [6, 6.07) is 3.31. The second-order valence-corrected chi connectivity index (χ2v) is 5.04. The van der Waals surface area contributed by atoms with Gasteiger partial charge in [-0.25, -0.2) is 4.79 Å². The van der Waals surface area contributed by atoms with Crippen molar-refractivity contribution >= 4 is 23.6 Å². The average molecular weight is 313 g/mol. The second kappa shape index (κ2) is 9.29. The van der Waals surface area contributed by atoms with Crippen LogP contribution in [0.15, 0.2) is 18.2 Å². The number of halogens is 1. The third kappa shape index (κ3) is 6.08. The Morgan fingerprint density at radius 3 is 2.71 bits per heavy atom. The van der Waals surface area contributed by atoms with Crippen molar-refractivity contribution in [3.63, 3.8) is 0 Å². The number of methoxy groups -OCH3 is 1. The molecule has 4 nitrogen and oxygen atoms in total. The second-order valence-electron chi connectivity index (χ2n) is 4.61. The van der Waals surface area contributed by atoms with Gasteiger partial charge in [0.2, 0.25) is 0 Å². The van der Waals surface area contributed by atoms with Crippen LogP contribution in [0.25, 0.3) is 6.08 Å². The fraction of sp³-hybridized carbons (Fsp3) is 0.438. The lowest BCUT2D eigenvalue weighted by molar-refractivity contribution is -0.131. The fourth-order valence-corrected chi connectivity index (χ4v) is 2.10. The molecule has 21 heavy (non-hydrogen) atoms. The maximum absolute atomic E-state index is 10.7. The Balaban J connectivity index is 2.89. The van der Waals surface area contributed by atoms with Crippen LogP contribution in [0, 0.1) is 0 Å². The number of ether oxygens (including phenoxy) is 2. The predicted molar refractivity (Wildman–Crippen MR) is 84.3 cm³/mol. The number of benzene rings is 1. The van der Waals surface area contributed by atoms with Crippen molar-refractivity contribution in [1.29, 1.82) is 0 Å². The van der Waals surface area contributed by atoms with E-state index in [1.807, 2.05) is 0 Å². The highest BCUT2D eigenvalue weighted by molar-refractivity contribution is 6.31. The molecular weight excluding hydrogens is 292 g/mol. The molecule has 0 unspecified atom stereocenters. The van der Waals surface area contributed by atoms with Gasteiger partial charge in [-0.1, -0.05) is 37.8 Å². The van der Waals surface area contributed by atoms with E-state index < -0.39 is 5.97 Å². The molecule has 0 aliphatic heterocycles. The van der Waals surface area contributed by atoms with Gasteiger partial charge in [0.15, 0.2) is 11.5 Å². The van der Waals surface area contributed by atoms with Gasteiger partial charge in [0.1, 0.15) is 0 Å². The van der Waals surface area contributed by atoms with E-state index in [0.29, 0.717) is 28.7 Å². The topological polar surface area (TPSA) is 55.8 Å². The number of aliphatic carboxylic acids is 1. The van der Waals surface area contributed by atoms with Crippen molar-refractivity contribution in [2.45, 2.75) is 32.6 Å². The molecule has 0 bridgehead atoms. The Kier molecular flexibility index (Phi) is 7.69. The maximum atomic E-state index is 10.7. The summed E-state index contributed by atoms with van der Waals surface area (Å²) in [6.45, 7) is 2.71. The maximum Gasteiger partial charge on any atom is 0.328 e. The summed E-state index contributed by atoms with van der Waals surface area (Å²) in [5.74, 6) is 0.00164. The van der Waals surface area contributed by atoms with Crippen molar-refractivity contribution in [2.24, 2.45) is 0 Å². The summed E-state index contributed by atoms with van der Waals surface area (Å²) in [7, 11) is 1.53. The van der Waals surface area contributed by atoms with E-state index in [1.165, 1.54) is 19.6 Å². The van der Waals surface area contributed by atoms with Crippen LogP contribution < -0.4 is 9.47 Å². The van der Waals surface area contributed by atoms with E-state index >= 15 is 0 Å². The summed E-state index contributed by atoms with van der Waals surface area (Å²) in [4.78, 5) is 10.7. The Labute approximate surface area is 130 Å². The first-order valence-electron chi connectivity index (χ1n) is 6.99. The van der Waals surface area contributed by atoms with Gasteiger partial charge in [-0.05, 0) is 18.6 Å². The van der Waals surface area contributed by atoms with Crippen LogP contribution in [0.4, 0.5) is 0 Å². The van der Waals surface area contributed by atoms with Crippen molar-refractivity contribution < 1.29 is 19.4 Å². The summed E-state index contributed by atoms with van der Waals surface area (Å²) in [6.07, 6.45) is 6.89. The Morgan fingerprint density at radius 1 is 1.33 bits per heavy atom. The third-order valence-electron chi connectivity index (χ3n) is 2.92. The van der Waals surface area contributed by atoms with E-state index in [1.54, 1.807) is 12.1 Å². The van der Waals surface area contributed by atoms with E-state index in [4.69, 9.17) is 26.2 Å². The van der Waals surface area contributed by atoms with E-state index in [0.717, 1.165) is 25.3 Å². The first kappa shape index (κ1) is 17.4. The number of unbranched alkanes of at least 4 members (excludes halogenated alkanes) is 3. The van der Waals surface area contributed by atoms with Crippen LogP contribution in [0.5, 0.6) is 11.5 Å². The van der Waals surface area contributed by atoms with Gasteiger partial charge >= 0.3 is 5.97 Å². The molecule has 1 N–H and O–H groups in total. The minimum absolute atomic E-state index is 0.468. The van der Waals surface area contributed by atoms with Gasteiger partial charge in [0, 0.05) is 22.7 Å². The fourth-order valence-electron chi connectivity index (χ4n) is 1.88. The highest BCUT2D eigenvalue weighted by atomic mass is 35.5. The first-order chi connectivity index (χ1) is 10.1. The molecule has 0 saturated heterocycles. The molecule has 0 heterocycles. The molecule has 0 amide bonds. The van der Waals surface area contributed by atoms with Gasteiger partial charge in [0.05, 0.1) is 13.7 Å². The van der Waals surface area contributed by atoms with Crippen molar-refractivity contribution in [2.75, 3.05) is 13.7 Å². The number of carboxylic acids is 1. The zero-order valence-corrected chi connectivity index (χ0v) is 13.2. The number of rotatable bonds is 9. The van der Waals surface area contributed by atoms with Crippen LogP contribution in [0.3, 0.4) is 0 Å². The Bertz CT molecular complexity index is 497. The summed E-state index contributed by atoms with van der Waals surface area (Å²) in [5.41, 5.74) is 0.595. The number of hydrogen-bond donors (Lipinski definition) is 1. The molecule has 0 fully saturated rings. The molecule has 0 radical (unpaired) electrons. The molecule has 0 aromatic heterocycles. The van der Waals surface area contributed by atoms with Crippen LogP contribution in [0.2, 0.25) is 5.02 Å². The van der Waals surface area contributed by atoms with Crippen molar-refractivity contribution in [1.82, 2.24) is 0 Å². The van der Waals surface area contributed by atoms with Gasteiger partial charge in [-0.3, -0.25) is 0 Å². The standard InChI is InChI=1S/C16H21ClO4/c1-3-4-5-6-9-21-16-12(7-8-15(18)19)10-13(17)11-14(16)20-2/h7-8,10-11H,3-6,9H2,1-2H3,(H,18,19)/b8-7+. The van der Waals surface area contributed by atoms with Crippen LogP contribution in [0.1, 0.15) is 38.2 Å². The molecule has 1 rings (SSSR count). The highest BCUT2D eigenvalue weighted by Crippen LogP contribution is 2.35. The predicted octanol–water partition coefficient (Wildman–Crippen LogP) is 4.41. The summed E-state index contributed by atoms with van der Waals surface area (Å²) < 4.78 is 11.0. The number of hydrogen-bond acceptors (Lipinski definition) is 3. The van der Waals surface area contributed by atoms with E-state index in [9.17, 15) is 4.79 Å². The summed E-state index contributed by atoms with van der Waals surface area (Å²) in [5, 5.41) is 9.21. The first-order valence-corrected chi connectivity index (χ1v) is 7.37. The van der Waals surface area contributed by atoms with Crippen LogP contribution >= 0.6 is 11.6 Å². The quantitative estimate of drug-likeness (QED) is 0.542. The molecule has 0 spiro atoms. The molecule has 116 valence electrons. The average Bonchev–Trinajstić information content (AvgIpc) is 2.45. The Hall–Kier alpha value is -1.68. The monoisotopic (exact) mass is 312 g/mol. The zero-order chi connectivity index (χ0) is 15.7. The zero-order valence-electron chi connectivity index (χ0n) is 12.4. The lowest BCUT2D eigenvalue weighted by atomic mass is 10.1. The molecular formula is C16H21ClO4. The lowest BCUT2D eigenvalue weighted by Gasteiger charge is -2.14. The lowest BCUT2D eigenvalue weighted by Crippen LogP contribution is -2.01. The molecule has 1 aromatic carbocycles. The highest BCUT2D eigenvalue weighted by Gasteiger charge is 2.11. The minimum atomic E-state index is -1.03. The minimum Gasteiger partial charge on any atom is -0.493 e. The van der Waals surface area contributed by atoms with Crippen molar-refractivity contribution in [3.05, 3.63) is 28.8 Å². The van der Waals surface area contributed by atoms with Gasteiger partial charge in [-0.15, -0.1) is 0 Å². The molecule has 0 aliphatic carbocycles. The smallest absolute Gasteiger partial charge is 0.328 e. The van der Waals surface area contributed by atoms with Crippen LogP contribution in [-0.4, -0.2) is 24.8 Å². The van der Waals surface area contributed by atoms with Crippen molar-refractivity contribution in [3.8, 4) is 11.5 Å². The number of carbonyl (C=O) groups is 1.